The molecular weight excluding hydrogens is 230 g/mol. The summed E-state index contributed by atoms with van der Waals surface area (Å²) in [6.45, 7) is 4.29. The molecule has 0 aliphatic heterocycles. The van der Waals surface area contributed by atoms with Gasteiger partial charge in [0.05, 0.1) is 6.04 Å². The van der Waals surface area contributed by atoms with Gasteiger partial charge in [-0.2, -0.15) is 0 Å². The van der Waals surface area contributed by atoms with Crippen molar-refractivity contribution in [2.75, 3.05) is 5.32 Å². The van der Waals surface area contributed by atoms with Gasteiger partial charge >= 0.3 is 0 Å². The zero-order chi connectivity index (χ0) is 13.7. The topological polar surface area (TPSA) is 12.0 Å². The van der Waals surface area contributed by atoms with Crippen molar-refractivity contribution in [3.05, 3.63) is 65.2 Å². The predicted molar refractivity (Wildman–Crippen MR) is 82.2 cm³/mol. The summed E-state index contributed by atoms with van der Waals surface area (Å²) in [5, 5.41) is 3.54. The monoisotopic (exact) mass is 249 g/mol. The van der Waals surface area contributed by atoms with Crippen LogP contribution in [0.15, 0.2) is 48.5 Å². The van der Waals surface area contributed by atoms with E-state index in [0.717, 1.165) is 17.7 Å². The normalized spacial score (nSPS) is 11.6. The van der Waals surface area contributed by atoms with Crippen LogP contribution < -0.4 is 5.32 Å². The molecule has 0 fully saturated rings. The van der Waals surface area contributed by atoms with Crippen LogP contribution in [0, 0.1) is 19.3 Å². The first-order valence-electron chi connectivity index (χ1n) is 6.62. The first-order valence-corrected chi connectivity index (χ1v) is 6.62. The maximum atomic E-state index is 5.43. The van der Waals surface area contributed by atoms with Gasteiger partial charge in [-0.05, 0) is 37.1 Å². The van der Waals surface area contributed by atoms with Crippen LogP contribution in [-0.2, 0) is 0 Å². The van der Waals surface area contributed by atoms with E-state index in [1.54, 1.807) is 0 Å². The van der Waals surface area contributed by atoms with Crippen molar-refractivity contribution in [2.45, 2.75) is 26.3 Å². The Morgan fingerprint density at radius 3 is 2.53 bits per heavy atom. The van der Waals surface area contributed by atoms with E-state index in [2.05, 4.69) is 55.4 Å². The van der Waals surface area contributed by atoms with Crippen molar-refractivity contribution in [1.82, 2.24) is 0 Å². The van der Waals surface area contributed by atoms with Gasteiger partial charge in [-0.1, -0.05) is 48.7 Å². The Labute approximate surface area is 115 Å². The number of hydrogen-bond donors (Lipinski definition) is 1. The number of aryl methyl sites for hydroxylation is 1. The summed E-state index contributed by atoms with van der Waals surface area (Å²) in [4.78, 5) is 0. The van der Waals surface area contributed by atoms with E-state index >= 15 is 0 Å². The molecule has 0 saturated heterocycles. The van der Waals surface area contributed by atoms with E-state index in [-0.39, 0.29) is 0 Å². The third kappa shape index (κ3) is 3.39. The van der Waals surface area contributed by atoms with Crippen molar-refractivity contribution in [1.29, 1.82) is 0 Å². The van der Waals surface area contributed by atoms with Crippen LogP contribution in [0.5, 0.6) is 0 Å². The summed E-state index contributed by atoms with van der Waals surface area (Å²) in [7, 11) is 0. The highest BCUT2D eigenvalue weighted by Crippen LogP contribution is 2.23. The molecule has 0 heterocycles. The number of anilines is 1. The van der Waals surface area contributed by atoms with E-state index < -0.39 is 0 Å². The molecule has 1 heteroatoms. The average Bonchev–Trinajstić information content (AvgIpc) is 2.46. The molecule has 0 saturated carbocycles. The fraction of sp³-hybridized carbons (Fsp3) is 0.222. The number of terminal acetylenes is 1. The Kier molecular flexibility index (Phi) is 4.26. The van der Waals surface area contributed by atoms with Crippen LogP contribution in [0.25, 0.3) is 0 Å². The molecule has 2 aromatic carbocycles. The Morgan fingerprint density at radius 1 is 1.16 bits per heavy atom. The summed E-state index contributed by atoms with van der Waals surface area (Å²) < 4.78 is 0. The molecule has 0 spiro atoms. The number of hydrogen-bond acceptors (Lipinski definition) is 1. The van der Waals surface area contributed by atoms with Crippen molar-refractivity contribution in [2.24, 2.45) is 0 Å². The molecule has 96 valence electrons. The summed E-state index contributed by atoms with van der Waals surface area (Å²) in [5.41, 5.74) is 4.57. The molecule has 0 aliphatic rings. The third-order valence-corrected chi connectivity index (χ3v) is 3.26. The maximum Gasteiger partial charge on any atom is 0.0511 e. The fourth-order valence-electron chi connectivity index (χ4n) is 2.12. The Bertz CT molecular complexity index is 575. The smallest absolute Gasteiger partial charge is 0.0511 e. The van der Waals surface area contributed by atoms with Gasteiger partial charge in [0, 0.05) is 11.3 Å². The minimum absolute atomic E-state index is 0.314. The largest absolute Gasteiger partial charge is 0.378 e. The molecule has 19 heavy (non-hydrogen) atoms. The molecule has 2 aromatic rings. The number of benzene rings is 2. The lowest BCUT2D eigenvalue weighted by Gasteiger charge is -2.19. The minimum atomic E-state index is 0.314. The van der Waals surface area contributed by atoms with Crippen molar-refractivity contribution in [3.8, 4) is 12.3 Å². The second-order valence-corrected chi connectivity index (χ2v) is 4.74. The van der Waals surface area contributed by atoms with Crippen LogP contribution in [0.2, 0.25) is 0 Å². The van der Waals surface area contributed by atoms with E-state index in [0.29, 0.717) is 6.04 Å². The van der Waals surface area contributed by atoms with Gasteiger partial charge in [0.15, 0.2) is 0 Å². The SMILES string of the molecule is C#Cc1cccc(NC(CC)c2ccc(C)cc2)c1. The van der Waals surface area contributed by atoms with Crippen LogP contribution in [0.4, 0.5) is 5.69 Å². The van der Waals surface area contributed by atoms with Gasteiger partial charge in [-0.15, -0.1) is 6.42 Å². The van der Waals surface area contributed by atoms with Crippen molar-refractivity contribution < 1.29 is 0 Å². The summed E-state index contributed by atoms with van der Waals surface area (Å²) >= 11 is 0. The lowest BCUT2D eigenvalue weighted by Crippen LogP contribution is -2.09. The lowest BCUT2D eigenvalue weighted by molar-refractivity contribution is 0.749. The second kappa shape index (κ2) is 6.11. The van der Waals surface area contributed by atoms with Gasteiger partial charge in [-0.3, -0.25) is 0 Å². The highest BCUT2D eigenvalue weighted by Gasteiger charge is 2.08. The first kappa shape index (κ1) is 13.2. The highest BCUT2D eigenvalue weighted by molar-refractivity contribution is 5.51. The van der Waals surface area contributed by atoms with Gasteiger partial charge in [-0.25, -0.2) is 0 Å². The van der Waals surface area contributed by atoms with Crippen LogP contribution in [-0.4, -0.2) is 0 Å². The lowest BCUT2D eigenvalue weighted by atomic mass is 10.0. The molecular formula is C18H19N. The molecule has 0 aliphatic carbocycles. The quantitative estimate of drug-likeness (QED) is 0.784. The number of nitrogens with one attached hydrogen (secondary N) is 1. The Balaban J connectivity index is 2.19. The first-order chi connectivity index (χ1) is 9.22. The molecule has 1 atom stereocenters. The predicted octanol–water partition coefficient (Wildman–Crippen LogP) is 4.54. The van der Waals surface area contributed by atoms with Crippen LogP contribution in [0.3, 0.4) is 0 Å². The second-order valence-electron chi connectivity index (χ2n) is 4.74. The van der Waals surface area contributed by atoms with Gasteiger partial charge in [0.25, 0.3) is 0 Å². The van der Waals surface area contributed by atoms with Gasteiger partial charge in [0.1, 0.15) is 0 Å². The van der Waals surface area contributed by atoms with Gasteiger partial charge in [0.2, 0.25) is 0 Å². The molecule has 0 aromatic heterocycles. The number of rotatable bonds is 4. The van der Waals surface area contributed by atoms with E-state index in [9.17, 15) is 0 Å². The molecule has 0 amide bonds. The fourth-order valence-corrected chi connectivity index (χ4v) is 2.12. The molecule has 1 unspecified atom stereocenters. The average molecular weight is 249 g/mol. The third-order valence-electron chi connectivity index (χ3n) is 3.26. The summed E-state index contributed by atoms with van der Waals surface area (Å²) in [6.07, 6.45) is 6.46. The van der Waals surface area contributed by atoms with Crippen molar-refractivity contribution in [3.63, 3.8) is 0 Å². The maximum absolute atomic E-state index is 5.43. The van der Waals surface area contributed by atoms with E-state index in [1.807, 2.05) is 18.2 Å². The standard InChI is InChI=1S/C18H19N/c1-4-15-7-6-8-17(13-15)19-18(5-2)16-11-9-14(3)10-12-16/h1,6-13,18-19H,5H2,2-3H3. The summed E-state index contributed by atoms with van der Waals surface area (Å²) in [6, 6.07) is 17.0. The molecule has 0 bridgehead atoms. The Morgan fingerprint density at radius 2 is 1.89 bits per heavy atom. The molecule has 1 N–H and O–H groups in total. The van der Waals surface area contributed by atoms with Crippen LogP contribution >= 0.6 is 0 Å². The minimum Gasteiger partial charge on any atom is -0.378 e. The van der Waals surface area contributed by atoms with E-state index in [1.165, 1.54) is 11.1 Å². The molecule has 2 rings (SSSR count). The zero-order valence-electron chi connectivity index (χ0n) is 11.5. The molecule has 0 radical (unpaired) electrons. The van der Waals surface area contributed by atoms with Crippen molar-refractivity contribution >= 4 is 5.69 Å². The summed E-state index contributed by atoms with van der Waals surface area (Å²) in [5.74, 6) is 2.67. The zero-order valence-corrected chi connectivity index (χ0v) is 11.5. The van der Waals surface area contributed by atoms with E-state index in [4.69, 9.17) is 6.42 Å². The van der Waals surface area contributed by atoms with Crippen LogP contribution in [0.1, 0.15) is 36.1 Å². The Hall–Kier alpha value is -2.20. The van der Waals surface area contributed by atoms with Gasteiger partial charge < -0.3 is 5.32 Å². The molecule has 1 nitrogen and oxygen atoms in total. The highest BCUT2D eigenvalue weighted by atomic mass is 14.9.